The van der Waals surface area contributed by atoms with E-state index in [4.69, 9.17) is 5.73 Å². The van der Waals surface area contributed by atoms with Crippen LogP contribution in [0.2, 0.25) is 0 Å². The summed E-state index contributed by atoms with van der Waals surface area (Å²) >= 11 is 1.74. The topological polar surface area (TPSA) is 26.0 Å². The summed E-state index contributed by atoms with van der Waals surface area (Å²) in [6.07, 6.45) is 1.90. The molecular weight excluding hydrogens is 166 g/mol. The SMILES string of the molecule is Cc1sccc1C#CCCCN. The van der Waals surface area contributed by atoms with Crippen molar-refractivity contribution >= 4 is 11.3 Å². The molecule has 0 spiro atoms. The van der Waals surface area contributed by atoms with Crippen molar-refractivity contribution in [3.63, 3.8) is 0 Å². The first kappa shape index (κ1) is 9.31. The third-order valence-corrected chi connectivity index (χ3v) is 2.43. The van der Waals surface area contributed by atoms with Crippen LogP contribution in [0.4, 0.5) is 0 Å². The zero-order valence-corrected chi connectivity index (χ0v) is 8.08. The first-order valence-corrected chi connectivity index (χ1v) is 4.95. The van der Waals surface area contributed by atoms with Crippen LogP contribution in [0.15, 0.2) is 11.4 Å². The van der Waals surface area contributed by atoms with Gasteiger partial charge in [-0.25, -0.2) is 0 Å². The molecule has 1 rings (SSSR count). The molecule has 2 N–H and O–H groups in total. The first-order chi connectivity index (χ1) is 5.84. The molecule has 64 valence electrons. The molecule has 0 aliphatic carbocycles. The Bertz CT molecular complexity index is 290. The van der Waals surface area contributed by atoms with Gasteiger partial charge in [0.05, 0.1) is 0 Å². The summed E-state index contributed by atoms with van der Waals surface area (Å²) in [5.41, 5.74) is 6.52. The molecule has 0 unspecified atom stereocenters. The molecule has 1 nitrogen and oxygen atoms in total. The first-order valence-electron chi connectivity index (χ1n) is 4.07. The van der Waals surface area contributed by atoms with Gasteiger partial charge in [0, 0.05) is 16.9 Å². The molecule has 0 fully saturated rings. The summed E-state index contributed by atoms with van der Waals surface area (Å²) in [6.45, 7) is 2.83. The molecule has 0 radical (unpaired) electrons. The zero-order valence-electron chi connectivity index (χ0n) is 7.26. The summed E-state index contributed by atoms with van der Waals surface area (Å²) in [4.78, 5) is 1.30. The van der Waals surface area contributed by atoms with Crippen molar-refractivity contribution in [3.05, 3.63) is 21.9 Å². The molecule has 1 heterocycles. The monoisotopic (exact) mass is 179 g/mol. The molecule has 0 atom stereocenters. The molecule has 0 bridgehead atoms. The van der Waals surface area contributed by atoms with Crippen LogP contribution in [0.1, 0.15) is 23.3 Å². The summed E-state index contributed by atoms with van der Waals surface area (Å²) < 4.78 is 0. The Morgan fingerprint density at radius 2 is 2.42 bits per heavy atom. The Kier molecular flexibility index (Phi) is 3.86. The molecule has 0 aliphatic rings. The summed E-state index contributed by atoms with van der Waals surface area (Å²) in [5, 5.41) is 2.07. The molecule has 0 amide bonds. The van der Waals surface area contributed by atoms with Crippen molar-refractivity contribution < 1.29 is 0 Å². The highest BCUT2D eigenvalue weighted by molar-refractivity contribution is 7.10. The number of thiophene rings is 1. The van der Waals surface area contributed by atoms with Crippen LogP contribution in [-0.2, 0) is 0 Å². The molecule has 12 heavy (non-hydrogen) atoms. The van der Waals surface area contributed by atoms with Gasteiger partial charge in [-0.1, -0.05) is 11.8 Å². The minimum absolute atomic E-state index is 0.733. The fraction of sp³-hybridized carbons (Fsp3) is 0.400. The molecule has 0 saturated carbocycles. The van der Waals surface area contributed by atoms with E-state index in [-0.39, 0.29) is 0 Å². The highest BCUT2D eigenvalue weighted by atomic mass is 32.1. The molecular formula is C10H13NS. The summed E-state index contributed by atoms with van der Waals surface area (Å²) in [6, 6.07) is 2.06. The molecule has 2 heteroatoms. The van der Waals surface area contributed by atoms with Crippen LogP contribution in [0, 0.1) is 18.8 Å². The Morgan fingerprint density at radius 1 is 1.58 bits per heavy atom. The van der Waals surface area contributed by atoms with Crippen molar-refractivity contribution in [3.8, 4) is 11.8 Å². The Labute approximate surface area is 77.6 Å². The van der Waals surface area contributed by atoms with Crippen molar-refractivity contribution in [1.82, 2.24) is 0 Å². The molecule has 0 aliphatic heterocycles. The van der Waals surface area contributed by atoms with Crippen LogP contribution in [0.3, 0.4) is 0 Å². The number of rotatable bonds is 2. The van der Waals surface area contributed by atoms with Crippen molar-refractivity contribution in [1.29, 1.82) is 0 Å². The van der Waals surface area contributed by atoms with Gasteiger partial charge in [0.1, 0.15) is 0 Å². The van der Waals surface area contributed by atoms with Gasteiger partial charge >= 0.3 is 0 Å². The van der Waals surface area contributed by atoms with Crippen LogP contribution in [-0.4, -0.2) is 6.54 Å². The second-order valence-electron chi connectivity index (χ2n) is 2.58. The smallest absolute Gasteiger partial charge is 0.0381 e. The highest BCUT2D eigenvalue weighted by Crippen LogP contribution is 2.13. The van der Waals surface area contributed by atoms with E-state index in [9.17, 15) is 0 Å². The fourth-order valence-electron chi connectivity index (χ4n) is 0.863. The van der Waals surface area contributed by atoms with Crippen LogP contribution >= 0.6 is 11.3 Å². The van der Waals surface area contributed by atoms with Crippen molar-refractivity contribution in [2.24, 2.45) is 5.73 Å². The van der Waals surface area contributed by atoms with E-state index in [1.807, 2.05) is 0 Å². The Balaban J connectivity index is 2.49. The Hall–Kier alpha value is -0.780. The van der Waals surface area contributed by atoms with Crippen LogP contribution in [0.5, 0.6) is 0 Å². The van der Waals surface area contributed by atoms with Crippen molar-refractivity contribution in [2.75, 3.05) is 6.54 Å². The second kappa shape index (κ2) is 4.97. The van der Waals surface area contributed by atoms with Crippen LogP contribution in [0.25, 0.3) is 0 Å². The predicted molar refractivity (Wildman–Crippen MR) is 54.2 cm³/mol. The Morgan fingerprint density at radius 3 is 3.00 bits per heavy atom. The highest BCUT2D eigenvalue weighted by Gasteiger charge is 1.92. The molecule has 1 aromatic heterocycles. The van der Waals surface area contributed by atoms with Gasteiger partial charge in [-0.05, 0) is 31.3 Å². The van der Waals surface area contributed by atoms with E-state index in [1.54, 1.807) is 11.3 Å². The van der Waals surface area contributed by atoms with Crippen molar-refractivity contribution in [2.45, 2.75) is 19.8 Å². The molecule has 0 saturated heterocycles. The lowest BCUT2D eigenvalue weighted by atomic mass is 10.2. The number of hydrogen-bond donors (Lipinski definition) is 1. The minimum atomic E-state index is 0.733. The number of nitrogens with two attached hydrogens (primary N) is 1. The standard InChI is InChI=1S/C10H13NS/c1-9-10(6-8-12-9)5-3-2-4-7-11/h6,8H,2,4,7,11H2,1H3. The second-order valence-corrected chi connectivity index (χ2v) is 3.70. The largest absolute Gasteiger partial charge is 0.330 e. The maximum Gasteiger partial charge on any atom is 0.0381 e. The average molecular weight is 179 g/mol. The lowest BCUT2D eigenvalue weighted by molar-refractivity contribution is 0.870. The third kappa shape index (κ3) is 2.69. The minimum Gasteiger partial charge on any atom is -0.330 e. The van der Waals surface area contributed by atoms with E-state index < -0.39 is 0 Å². The summed E-state index contributed by atoms with van der Waals surface area (Å²) in [7, 11) is 0. The van der Waals surface area contributed by atoms with E-state index in [2.05, 4.69) is 30.2 Å². The van der Waals surface area contributed by atoms with Gasteiger partial charge in [0.25, 0.3) is 0 Å². The predicted octanol–water partition coefficient (Wildman–Crippen LogP) is 2.15. The van der Waals surface area contributed by atoms with E-state index in [0.717, 1.165) is 24.9 Å². The zero-order chi connectivity index (χ0) is 8.81. The van der Waals surface area contributed by atoms with Gasteiger partial charge in [-0.15, -0.1) is 11.3 Å². The quantitative estimate of drug-likeness (QED) is 0.546. The average Bonchev–Trinajstić information content (AvgIpc) is 2.46. The van der Waals surface area contributed by atoms with Gasteiger partial charge in [-0.3, -0.25) is 0 Å². The van der Waals surface area contributed by atoms with Gasteiger partial charge in [0.15, 0.2) is 0 Å². The normalized spacial score (nSPS) is 9.17. The molecule has 0 aromatic carbocycles. The van der Waals surface area contributed by atoms with Gasteiger partial charge < -0.3 is 5.73 Å². The molecule has 1 aromatic rings. The van der Waals surface area contributed by atoms with Gasteiger partial charge in [0.2, 0.25) is 0 Å². The van der Waals surface area contributed by atoms with E-state index in [1.165, 1.54) is 4.88 Å². The lowest BCUT2D eigenvalue weighted by Crippen LogP contribution is -1.96. The number of unbranched alkanes of at least 4 members (excludes halogenated alkanes) is 1. The number of aryl methyl sites for hydroxylation is 1. The fourth-order valence-corrected chi connectivity index (χ4v) is 1.52. The van der Waals surface area contributed by atoms with Gasteiger partial charge in [-0.2, -0.15) is 0 Å². The maximum atomic E-state index is 5.35. The maximum absolute atomic E-state index is 5.35. The number of hydrogen-bond acceptors (Lipinski definition) is 2. The third-order valence-electron chi connectivity index (χ3n) is 1.59. The summed E-state index contributed by atoms with van der Waals surface area (Å²) in [5.74, 6) is 6.24. The van der Waals surface area contributed by atoms with Crippen LogP contribution < -0.4 is 5.73 Å². The lowest BCUT2D eigenvalue weighted by Gasteiger charge is -1.86. The van der Waals surface area contributed by atoms with E-state index in [0.29, 0.717) is 0 Å². The van der Waals surface area contributed by atoms with E-state index >= 15 is 0 Å².